The number of rotatable bonds is 2. The van der Waals surface area contributed by atoms with Crippen LogP contribution < -0.4 is 28.1 Å². The Kier molecular flexibility index (Phi) is 6.82. The molecule has 0 fully saturated rings. The van der Waals surface area contributed by atoms with E-state index in [2.05, 4.69) is 75.4 Å². The SMILES string of the molecule is C[C](C)=[Zr+2]([C]1=CC=CC1)[c]1ccc(C)c2c1Cc1ccccc1-2.[Cl-].[Cl-]. The van der Waals surface area contributed by atoms with E-state index >= 15 is 0 Å². The van der Waals surface area contributed by atoms with Gasteiger partial charge in [-0.15, -0.1) is 0 Å². The first-order chi connectivity index (χ1) is 11.2. The standard InChI is InChI=1S/C14H11.C5H5.C3H6.2ClH.Zr/c1-10-5-4-7-12-9-11-6-2-3-8-13(11)14(10)12;1-2-4-5-3-1;1-3-2;;;/h2-6,8H,9H2,1H3;1-3H,4H2;1-2H3;2*1H;/q;;;;;+2/p-2. The van der Waals surface area contributed by atoms with Crippen molar-refractivity contribution in [1.82, 2.24) is 0 Å². The second-order valence-corrected chi connectivity index (χ2v) is 14.0. The van der Waals surface area contributed by atoms with Crippen molar-refractivity contribution in [3.05, 3.63) is 74.6 Å². The van der Waals surface area contributed by atoms with E-state index in [1.807, 2.05) is 0 Å². The van der Waals surface area contributed by atoms with Gasteiger partial charge in [0.2, 0.25) is 0 Å². The summed E-state index contributed by atoms with van der Waals surface area (Å²) >= 11 is -1.89. The minimum atomic E-state index is -1.89. The van der Waals surface area contributed by atoms with Crippen LogP contribution in [0.15, 0.2) is 57.9 Å². The summed E-state index contributed by atoms with van der Waals surface area (Å²) in [5.74, 6) is 0. The number of allylic oxidation sites excluding steroid dienone is 4. The smallest absolute Gasteiger partial charge is 1.00 e. The van der Waals surface area contributed by atoms with E-state index in [0.29, 0.717) is 0 Å². The third-order valence-corrected chi connectivity index (χ3v) is 12.5. The average molecular weight is 449 g/mol. The molecule has 2 aliphatic rings. The fourth-order valence-electron chi connectivity index (χ4n) is 4.06. The summed E-state index contributed by atoms with van der Waals surface area (Å²) in [5.41, 5.74) is 7.58. The van der Waals surface area contributed by atoms with Crippen LogP contribution in [-0.2, 0) is 27.7 Å². The predicted molar refractivity (Wildman–Crippen MR) is 97.3 cm³/mol. The molecule has 0 N–H and O–H groups in total. The summed E-state index contributed by atoms with van der Waals surface area (Å²) < 4.78 is 5.12. The monoisotopic (exact) mass is 446 g/mol. The minimum Gasteiger partial charge on any atom is -1.00 e. The van der Waals surface area contributed by atoms with Crippen molar-refractivity contribution in [2.75, 3.05) is 0 Å². The topological polar surface area (TPSA) is 0 Å². The van der Waals surface area contributed by atoms with Gasteiger partial charge in [-0.05, 0) is 0 Å². The van der Waals surface area contributed by atoms with E-state index in [0.717, 1.165) is 6.42 Å². The molecule has 2 aliphatic carbocycles. The van der Waals surface area contributed by atoms with Crippen molar-refractivity contribution >= 4 is 6.48 Å². The molecule has 128 valence electrons. The van der Waals surface area contributed by atoms with Crippen LogP contribution in [0.3, 0.4) is 0 Å². The van der Waals surface area contributed by atoms with Crippen LogP contribution in [-0.4, -0.2) is 3.21 Å². The fraction of sp³-hybridized carbons (Fsp3) is 0.227. The summed E-state index contributed by atoms with van der Waals surface area (Å²) in [6.45, 7) is 7.00. The Morgan fingerprint density at radius 2 is 1.76 bits per heavy atom. The van der Waals surface area contributed by atoms with Gasteiger partial charge in [0.15, 0.2) is 0 Å². The second kappa shape index (κ2) is 8.30. The Morgan fingerprint density at radius 1 is 1.00 bits per heavy atom. The van der Waals surface area contributed by atoms with Gasteiger partial charge in [0.05, 0.1) is 0 Å². The molecule has 0 spiro atoms. The summed E-state index contributed by atoms with van der Waals surface area (Å²) in [6, 6.07) is 13.8. The molecule has 0 atom stereocenters. The van der Waals surface area contributed by atoms with Crippen molar-refractivity contribution in [2.45, 2.75) is 33.6 Å². The van der Waals surface area contributed by atoms with E-state index in [9.17, 15) is 0 Å². The van der Waals surface area contributed by atoms with Crippen molar-refractivity contribution in [2.24, 2.45) is 0 Å². The molecule has 2 aromatic rings. The Balaban J connectivity index is 0.00000113. The van der Waals surface area contributed by atoms with Gasteiger partial charge in [0.1, 0.15) is 0 Å². The number of aryl methyl sites for hydroxylation is 1. The van der Waals surface area contributed by atoms with Gasteiger partial charge in [-0.2, -0.15) is 0 Å². The Bertz CT molecular complexity index is 900. The van der Waals surface area contributed by atoms with Crippen LogP contribution in [0.1, 0.15) is 37.0 Å². The summed E-state index contributed by atoms with van der Waals surface area (Å²) in [4.78, 5) is 0. The van der Waals surface area contributed by atoms with E-state index < -0.39 is 21.3 Å². The van der Waals surface area contributed by atoms with Crippen molar-refractivity contribution in [1.29, 1.82) is 0 Å². The predicted octanol–water partition coefficient (Wildman–Crippen LogP) is -1.13. The van der Waals surface area contributed by atoms with Gasteiger partial charge in [-0.3, -0.25) is 0 Å². The Labute approximate surface area is 171 Å². The number of hydrogen-bond donors (Lipinski definition) is 0. The Morgan fingerprint density at radius 3 is 2.44 bits per heavy atom. The molecule has 0 saturated carbocycles. The number of hydrogen-bond acceptors (Lipinski definition) is 0. The molecule has 0 heterocycles. The second-order valence-electron chi connectivity index (χ2n) is 6.82. The van der Waals surface area contributed by atoms with Crippen LogP contribution in [0.2, 0.25) is 0 Å². The quantitative estimate of drug-likeness (QED) is 0.466. The third-order valence-electron chi connectivity index (χ3n) is 5.04. The molecular formula is C22H22Cl2Zr. The maximum absolute atomic E-state index is 2.46. The molecule has 0 saturated heterocycles. The number of fused-ring (bicyclic) bond motifs is 3. The average Bonchev–Trinajstić information content (AvgIpc) is 3.17. The first-order valence-electron chi connectivity index (χ1n) is 8.41. The molecule has 0 aliphatic heterocycles. The van der Waals surface area contributed by atoms with Crippen molar-refractivity contribution < 1.29 is 46.1 Å². The van der Waals surface area contributed by atoms with Gasteiger partial charge >= 0.3 is 147 Å². The molecule has 0 radical (unpaired) electrons. The molecular weight excluding hydrogens is 426 g/mol. The molecule has 2 aromatic carbocycles. The molecule has 0 aromatic heterocycles. The summed E-state index contributed by atoms with van der Waals surface area (Å²) in [7, 11) is 0. The number of benzene rings is 2. The van der Waals surface area contributed by atoms with Gasteiger partial charge in [-0.25, -0.2) is 0 Å². The Hall–Kier alpha value is -0.747. The molecule has 0 nitrogen and oxygen atoms in total. The molecule has 3 heteroatoms. The zero-order chi connectivity index (χ0) is 16.0. The zero-order valence-corrected chi connectivity index (χ0v) is 18.8. The molecule has 4 rings (SSSR count). The molecule has 0 bridgehead atoms. The molecule has 0 unspecified atom stereocenters. The number of halogens is 2. The van der Waals surface area contributed by atoms with Crippen LogP contribution in [0, 0.1) is 6.92 Å². The van der Waals surface area contributed by atoms with Crippen LogP contribution in [0.5, 0.6) is 0 Å². The molecule has 25 heavy (non-hydrogen) atoms. The van der Waals surface area contributed by atoms with Crippen molar-refractivity contribution in [3.63, 3.8) is 0 Å². The first kappa shape index (κ1) is 20.6. The maximum Gasteiger partial charge on any atom is -1.00 e. The van der Waals surface area contributed by atoms with E-state index in [1.54, 1.807) is 15.3 Å². The van der Waals surface area contributed by atoms with E-state index in [1.165, 1.54) is 28.7 Å². The van der Waals surface area contributed by atoms with Gasteiger partial charge in [-0.1, -0.05) is 0 Å². The minimum absolute atomic E-state index is 0. The summed E-state index contributed by atoms with van der Waals surface area (Å²) in [5, 5.41) is 0. The molecule has 0 amide bonds. The summed E-state index contributed by atoms with van der Waals surface area (Å²) in [6.07, 6.45) is 9.27. The van der Waals surface area contributed by atoms with Crippen LogP contribution in [0.4, 0.5) is 0 Å². The van der Waals surface area contributed by atoms with Gasteiger partial charge in [0, 0.05) is 0 Å². The zero-order valence-electron chi connectivity index (χ0n) is 14.9. The third kappa shape index (κ3) is 3.57. The first-order valence-corrected chi connectivity index (χ1v) is 12.1. The van der Waals surface area contributed by atoms with Gasteiger partial charge in [0.25, 0.3) is 0 Å². The van der Waals surface area contributed by atoms with E-state index in [-0.39, 0.29) is 24.8 Å². The van der Waals surface area contributed by atoms with Crippen molar-refractivity contribution in [3.8, 4) is 11.1 Å². The largest absolute Gasteiger partial charge is 1.00 e. The normalized spacial score (nSPS) is 13.0. The maximum atomic E-state index is 2.46. The van der Waals surface area contributed by atoms with Crippen LogP contribution in [0.25, 0.3) is 11.1 Å². The van der Waals surface area contributed by atoms with E-state index in [4.69, 9.17) is 0 Å². The fourth-order valence-corrected chi connectivity index (χ4v) is 11.1. The van der Waals surface area contributed by atoms with Crippen LogP contribution >= 0.6 is 0 Å². The van der Waals surface area contributed by atoms with Gasteiger partial charge < -0.3 is 24.8 Å².